The number of hydrogen-bond donors (Lipinski definition) is 2. The van der Waals surface area contributed by atoms with Gasteiger partial charge in [-0.3, -0.25) is 9.59 Å². The van der Waals surface area contributed by atoms with Crippen LogP contribution in [0.25, 0.3) is 0 Å². The summed E-state index contributed by atoms with van der Waals surface area (Å²) >= 11 is 8.15. The molecule has 0 aliphatic heterocycles. The molecule has 7 nitrogen and oxygen atoms in total. The summed E-state index contributed by atoms with van der Waals surface area (Å²) in [6.07, 6.45) is 1.10. The predicted molar refractivity (Wildman–Crippen MR) is 127 cm³/mol. The maximum atomic E-state index is 12.0. The highest BCUT2D eigenvalue weighted by atomic mass is 127. The van der Waals surface area contributed by atoms with Gasteiger partial charge in [-0.25, -0.2) is 5.43 Å². The summed E-state index contributed by atoms with van der Waals surface area (Å²) in [6.45, 7) is 6.26. The molecule has 2 aromatic carbocycles. The van der Waals surface area contributed by atoms with Gasteiger partial charge in [-0.2, -0.15) is 5.10 Å². The highest BCUT2D eigenvalue weighted by molar-refractivity contribution is 14.1. The summed E-state index contributed by atoms with van der Waals surface area (Å²) < 4.78 is 12.4. The Morgan fingerprint density at radius 3 is 2.63 bits per heavy atom. The molecule has 0 fully saturated rings. The van der Waals surface area contributed by atoms with Crippen LogP contribution in [-0.2, 0) is 9.59 Å². The molecule has 2 rings (SSSR count). The van der Waals surface area contributed by atoms with E-state index in [1.165, 1.54) is 6.21 Å². The fourth-order valence-electron chi connectivity index (χ4n) is 2.40. The Morgan fingerprint density at radius 2 is 1.97 bits per heavy atom. The van der Waals surface area contributed by atoms with Crippen LogP contribution in [0.1, 0.15) is 32.8 Å². The van der Waals surface area contributed by atoms with Gasteiger partial charge >= 0.3 is 0 Å². The van der Waals surface area contributed by atoms with Crippen LogP contribution in [-0.4, -0.2) is 30.7 Å². The second-order valence-corrected chi connectivity index (χ2v) is 8.00. The Balaban J connectivity index is 1.97. The van der Waals surface area contributed by atoms with Gasteiger partial charge < -0.3 is 14.8 Å². The minimum absolute atomic E-state index is 0.00782. The number of rotatable bonds is 9. The number of hydrazone groups is 1. The van der Waals surface area contributed by atoms with E-state index < -0.39 is 11.8 Å². The Kier molecular flexibility index (Phi) is 9.38. The lowest BCUT2D eigenvalue weighted by Gasteiger charge is -2.16. The number of para-hydroxylation sites is 1. The van der Waals surface area contributed by atoms with Crippen molar-refractivity contribution in [1.29, 1.82) is 0 Å². The topological polar surface area (TPSA) is 89.0 Å². The molecule has 0 aromatic heterocycles. The Hall–Kier alpha value is -2.33. The Bertz CT molecular complexity index is 934. The number of nitrogens with one attached hydrogen (secondary N) is 2. The average Bonchev–Trinajstić information content (AvgIpc) is 2.66. The van der Waals surface area contributed by atoms with E-state index in [0.29, 0.717) is 28.8 Å². The normalized spacial score (nSPS) is 10.9. The molecule has 0 unspecified atom stereocenters. The van der Waals surface area contributed by atoms with Crippen molar-refractivity contribution in [2.24, 2.45) is 5.10 Å². The molecule has 2 amide bonds. The first-order chi connectivity index (χ1) is 14.3. The number of anilines is 1. The number of halogens is 2. The number of amides is 2. The maximum absolute atomic E-state index is 12.0. The zero-order valence-corrected chi connectivity index (χ0v) is 19.8. The van der Waals surface area contributed by atoms with Gasteiger partial charge in [-0.1, -0.05) is 23.7 Å². The molecule has 0 heterocycles. The summed E-state index contributed by atoms with van der Waals surface area (Å²) in [6, 6.07) is 10.4. The molecule has 0 radical (unpaired) electrons. The number of carbonyl (C=O) groups is 2. The van der Waals surface area contributed by atoms with Crippen LogP contribution >= 0.6 is 34.2 Å². The molecule has 9 heteroatoms. The first-order valence-corrected chi connectivity index (χ1v) is 10.7. The molecule has 0 spiro atoms. The lowest BCUT2D eigenvalue weighted by Crippen LogP contribution is -2.24. The summed E-state index contributed by atoms with van der Waals surface area (Å²) in [5, 5.41) is 6.90. The minimum Gasteiger partial charge on any atom is -0.490 e. The van der Waals surface area contributed by atoms with Crippen LogP contribution in [0, 0.1) is 3.57 Å². The van der Waals surface area contributed by atoms with Crippen molar-refractivity contribution in [3.8, 4) is 11.5 Å². The van der Waals surface area contributed by atoms with E-state index >= 15 is 0 Å². The lowest BCUT2D eigenvalue weighted by molar-refractivity contribution is -0.126. The molecule has 30 heavy (non-hydrogen) atoms. The van der Waals surface area contributed by atoms with E-state index in [1.54, 1.807) is 30.3 Å². The largest absolute Gasteiger partial charge is 0.490 e. The molecule has 2 N–H and O–H groups in total. The molecule has 2 aromatic rings. The second-order valence-electron chi connectivity index (χ2n) is 6.43. The molecule has 160 valence electrons. The van der Waals surface area contributed by atoms with Crippen molar-refractivity contribution in [1.82, 2.24) is 5.43 Å². The van der Waals surface area contributed by atoms with E-state index in [9.17, 15) is 9.59 Å². The third-order valence-corrected chi connectivity index (χ3v) is 4.69. The van der Waals surface area contributed by atoms with Gasteiger partial charge in [0.2, 0.25) is 11.8 Å². The fraction of sp³-hybridized carbons (Fsp3) is 0.286. The Morgan fingerprint density at radius 1 is 1.23 bits per heavy atom. The van der Waals surface area contributed by atoms with Crippen LogP contribution in [0.3, 0.4) is 0 Å². The van der Waals surface area contributed by atoms with Crippen LogP contribution in [0.5, 0.6) is 11.5 Å². The predicted octanol–water partition coefficient (Wildman–Crippen LogP) is 4.61. The molecule has 0 aliphatic carbocycles. The summed E-state index contributed by atoms with van der Waals surface area (Å²) in [5.41, 5.74) is 3.51. The summed E-state index contributed by atoms with van der Waals surface area (Å²) in [7, 11) is 0. The van der Waals surface area contributed by atoms with Gasteiger partial charge in [0, 0.05) is 0 Å². The van der Waals surface area contributed by atoms with Crippen molar-refractivity contribution >= 4 is 57.9 Å². The van der Waals surface area contributed by atoms with Crippen molar-refractivity contribution in [2.45, 2.75) is 33.3 Å². The molecule has 0 bridgehead atoms. The highest BCUT2D eigenvalue weighted by Gasteiger charge is 2.14. The van der Waals surface area contributed by atoms with E-state index in [0.717, 1.165) is 9.13 Å². The maximum Gasteiger partial charge on any atom is 0.249 e. The molecular formula is C21H23ClIN3O4. The van der Waals surface area contributed by atoms with E-state index in [1.807, 2.05) is 26.8 Å². The standard InChI is InChI=1S/C21H23ClIN3O4/c1-4-29-18-10-14(9-16(23)21(18)30-13(2)3)12-24-26-20(28)11-19(27)25-17-8-6-5-7-15(17)22/h5-10,12-13H,4,11H2,1-3H3,(H,25,27)(H,26,28). The fourth-order valence-corrected chi connectivity index (χ4v) is 3.33. The molecule has 0 saturated carbocycles. The number of nitrogens with zero attached hydrogens (tertiary/aromatic N) is 1. The van der Waals surface area contributed by atoms with Crippen molar-refractivity contribution in [3.05, 3.63) is 50.6 Å². The van der Waals surface area contributed by atoms with E-state index in [-0.39, 0.29) is 12.5 Å². The molecule has 0 aliphatic rings. The van der Waals surface area contributed by atoms with Crippen molar-refractivity contribution < 1.29 is 19.1 Å². The van der Waals surface area contributed by atoms with E-state index in [4.69, 9.17) is 21.1 Å². The number of hydrogen-bond acceptors (Lipinski definition) is 5. The van der Waals surface area contributed by atoms with Crippen molar-refractivity contribution in [3.63, 3.8) is 0 Å². The second kappa shape index (κ2) is 11.8. The van der Waals surface area contributed by atoms with Gasteiger partial charge in [-0.15, -0.1) is 0 Å². The average molecular weight is 544 g/mol. The van der Waals surface area contributed by atoms with Gasteiger partial charge in [0.1, 0.15) is 6.42 Å². The number of ether oxygens (including phenoxy) is 2. The molecular weight excluding hydrogens is 521 g/mol. The van der Waals surface area contributed by atoms with Crippen LogP contribution in [0.4, 0.5) is 5.69 Å². The quantitative estimate of drug-likeness (QED) is 0.209. The third-order valence-electron chi connectivity index (χ3n) is 3.56. The monoisotopic (exact) mass is 543 g/mol. The smallest absolute Gasteiger partial charge is 0.249 e. The summed E-state index contributed by atoms with van der Waals surface area (Å²) in [4.78, 5) is 23.9. The Labute approximate surface area is 194 Å². The first kappa shape index (κ1) is 23.9. The third kappa shape index (κ3) is 7.49. The summed E-state index contributed by atoms with van der Waals surface area (Å²) in [5.74, 6) is 0.240. The highest BCUT2D eigenvalue weighted by Crippen LogP contribution is 2.34. The minimum atomic E-state index is -0.546. The first-order valence-electron chi connectivity index (χ1n) is 9.29. The molecule has 0 saturated heterocycles. The van der Waals surface area contributed by atoms with Gasteiger partial charge in [-0.05, 0) is 73.2 Å². The SMILES string of the molecule is CCOc1cc(C=NNC(=O)CC(=O)Nc2ccccc2Cl)cc(I)c1OC(C)C. The zero-order chi connectivity index (χ0) is 22.1. The lowest BCUT2D eigenvalue weighted by atomic mass is 10.2. The van der Waals surface area contributed by atoms with Gasteiger partial charge in [0.25, 0.3) is 0 Å². The van der Waals surface area contributed by atoms with Crippen molar-refractivity contribution in [2.75, 3.05) is 11.9 Å². The van der Waals surface area contributed by atoms with Crippen LogP contribution < -0.4 is 20.2 Å². The molecule has 0 atom stereocenters. The number of benzene rings is 2. The van der Waals surface area contributed by atoms with Gasteiger partial charge in [0.15, 0.2) is 11.5 Å². The van der Waals surface area contributed by atoms with Crippen LogP contribution in [0.15, 0.2) is 41.5 Å². The van der Waals surface area contributed by atoms with Gasteiger partial charge in [0.05, 0.1) is 33.2 Å². The van der Waals surface area contributed by atoms with Crippen LogP contribution in [0.2, 0.25) is 5.02 Å². The van der Waals surface area contributed by atoms with E-state index in [2.05, 4.69) is 38.4 Å². The number of carbonyl (C=O) groups excluding carboxylic acids is 2. The zero-order valence-electron chi connectivity index (χ0n) is 16.9.